The Balaban J connectivity index is 3.13. The summed E-state index contributed by atoms with van der Waals surface area (Å²) in [6.45, 7) is 0. The molecule has 5 nitrogen and oxygen atoms in total. The summed E-state index contributed by atoms with van der Waals surface area (Å²) in [5.74, 6) is -2.96. The van der Waals surface area contributed by atoms with E-state index in [0.29, 0.717) is 4.68 Å². The quantitative estimate of drug-likeness (QED) is 0.566. The second-order valence-electron chi connectivity index (χ2n) is 2.86. The molecule has 0 saturated heterocycles. The highest BCUT2D eigenvalue weighted by atomic mass is 19.4. The van der Waals surface area contributed by atoms with Crippen LogP contribution in [0.2, 0.25) is 0 Å². The molecule has 1 rings (SSSR count). The Morgan fingerprint density at radius 2 is 2.00 bits per heavy atom. The van der Waals surface area contributed by atoms with Gasteiger partial charge in [0, 0.05) is 13.1 Å². The van der Waals surface area contributed by atoms with E-state index in [4.69, 9.17) is 0 Å². The predicted molar refractivity (Wildman–Crippen MR) is 44.9 cm³/mol. The normalized spacial score (nSPS) is 11.3. The van der Waals surface area contributed by atoms with Crippen LogP contribution in [0.3, 0.4) is 0 Å². The van der Waals surface area contributed by atoms with Crippen molar-refractivity contribution in [1.29, 1.82) is 0 Å². The summed E-state index contributed by atoms with van der Waals surface area (Å²) in [6.07, 6.45) is -5.00. The lowest BCUT2D eigenvalue weighted by atomic mass is 10.2. The van der Waals surface area contributed by atoms with Crippen LogP contribution in [-0.4, -0.2) is 34.8 Å². The molecule has 16 heavy (non-hydrogen) atoms. The van der Waals surface area contributed by atoms with Gasteiger partial charge in [-0.15, -0.1) is 0 Å². The highest BCUT2D eigenvalue weighted by Crippen LogP contribution is 2.21. The number of carbonyl (C=O) groups is 2. The minimum Gasteiger partial charge on any atom is -0.464 e. The van der Waals surface area contributed by atoms with Crippen molar-refractivity contribution in [2.75, 3.05) is 7.11 Å². The lowest BCUT2D eigenvalue weighted by molar-refractivity contribution is -0.0890. The Morgan fingerprint density at radius 1 is 1.44 bits per heavy atom. The molecule has 0 N–H and O–H groups in total. The van der Waals surface area contributed by atoms with E-state index in [1.54, 1.807) is 0 Å². The van der Waals surface area contributed by atoms with Crippen LogP contribution in [0.15, 0.2) is 6.07 Å². The van der Waals surface area contributed by atoms with Crippen molar-refractivity contribution in [3.63, 3.8) is 0 Å². The van der Waals surface area contributed by atoms with E-state index in [1.165, 1.54) is 0 Å². The van der Waals surface area contributed by atoms with Crippen LogP contribution < -0.4 is 0 Å². The SMILES string of the molecule is COC(=O)c1cc(C(=O)C(F)(F)F)n(C)n1. The summed E-state index contributed by atoms with van der Waals surface area (Å²) in [5.41, 5.74) is -1.06. The molecule has 0 atom stereocenters. The largest absolute Gasteiger partial charge is 0.464 e. The average Bonchev–Trinajstić information content (AvgIpc) is 2.56. The van der Waals surface area contributed by atoms with Crippen molar-refractivity contribution in [3.05, 3.63) is 17.5 Å². The maximum Gasteiger partial charge on any atom is 0.456 e. The molecule has 0 aliphatic carbocycles. The van der Waals surface area contributed by atoms with Gasteiger partial charge in [0.1, 0.15) is 5.69 Å². The molecule has 0 radical (unpaired) electrons. The van der Waals surface area contributed by atoms with Crippen molar-refractivity contribution >= 4 is 11.8 Å². The van der Waals surface area contributed by atoms with Crippen LogP contribution in [0.4, 0.5) is 13.2 Å². The second-order valence-corrected chi connectivity index (χ2v) is 2.86. The topological polar surface area (TPSA) is 61.2 Å². The zero-order valence-electron chi connectivity index (χ0n) is 8.33. The minimum atomic E-state index is -5.00. The molecule has 0 aliphatic rings. The van der Waals surface area contributed by atoms with Crippen LogP contribution in [-0.2, 0) is 11.8 Å². The first-order chi connectivity index (χ1) is 7.27. The van der Waals surface area contributed by atoms with Crippen LogP contribution in [0.5, 0.6) is 0 Å². The van der Waals surface area contributed by atoms with Crippen LogP contribution in [0, 0.1) is 0 Å². The summed E-state index contributed by atoms with van der Waals surface area (Å²) >= 11 is 0. The molecule has 0 aromatic carbocycles. The second kappa shape index (κ2) is 3.95. The van der Waals surface area contributed by atoms with E-state index < -0.39 is 23.6 Å². The smallest absolute Gasteiger partial charge is 0.456 e. The first-order valence-corrected chi connectivity index (χ1v) is 4.01. The van der Waals surface area contributed by atoms with Gasteiger partial charge in [-0.05, 0) is 0 Å². The van der Waals surface area contributed by atoms with E-state index in [0.717, 1.165) is 20.2 Å². The third-order valence-corrected chi connectivity index (χ3v) is 1.76. The molecular weight excluding hydrogens is 229 g/mol. The predicted octanol–water partition coefficient (Wildman–Crippen LogP) is 0.952. The summed E-state index contributed by atoms with van der Waals surface area (Å²) in [7, 11) is 2.19. The maximum atomic E-state index is 12.1. The number of rotatable bonds is 2. The number of carbonyl (C=O) groups excluding carboxylic acids is 2. The fourth-order valence-electron chi connectivity index (χ4n) is 1.03. The van der Waals surface area contributed by atoms with Crippen LogP contribution >= 0.6 is 0 Å². The molecule has 8 heteroatoms. The van der Waals surface area contributed by atoms with Gasteiger partial charge in [0.2, 0.25) is 0 Å². The molecule has 1 aromatic heterocycles. The Morgan fingerprint density at radius 3 is 2.44 bits per heavy atom. The van der Waals surface area contributed by atoms with Crippen LogP contribution in [0.25, 0.3) is 0 Å². The Kier molecular flexibility index (Phi) is 3.02. The summed E-state index contributed by atoms with van der Waals surface area (Å²) in [5, 5.41) is 3.44. The number of methoxy groups -OCH3 is 1. The van der Waals surface area contributed by atoms with E-state index in [9.17, 15) is 22.8 Å². The standard InChI is InChI=1S/C8H7F3N2O3/c1-13-5(6(14)8(9,10)11)3-4(12-13)7(15)16-2/h3H,1-2H3. The first-order valence-electron chi connectivity index (χ1n) is 4.01. The van der Waals surface area contributed by atoms with Gasteiger partial charge < -0.3 is 4.74 Å². The molecule has 0 spiro atoms. The molecular formula is C8H7F3N2O3. The number of nitrogens with zero attached hydrogens (tertiary/aromatic N) is 2. The molecule has 1 heterocycles. The summed E-state index contributed by atoms with van der Waals surface area (Å²) in [4.78, 5) is 21.8. The van der Waals surface area contributed by atoms with E-state index >= 15 is 0 Å². The molecule has 1 aromatic rings. The maximum absolute atomic E-state index is 12.1. The van der Waals surface area contributed by atoms with Crippen molar-refractivity contribution in [2.45, 2.75) is 6.18 Å². The number of ether oxygens (including phenoxy) is 1. The molecule has 88 valence electrons. The fourth-order valence-corrected chi connectivity index (χ4v) is 1.03. The monoisotopic (exact) mass is 236 g/mol. The third kappa shape index (κ3) is 2.20. The Bertz CT molecular complexity index is 436. The summed E-state index contributed by atoms with van der Waals surface area (Å²) < 4.78 is 41.2. The zero-order chi connectivity index (χ0) is 12.5. The highest BCUT2D eigenvalue weighted by Gasteiger charge is 2.41. The number of aryl methyl sites for hydroxylation is 1. The number of Topliss-reactive ketones (excluding diaryl/α,β-unsaturated/α-hetero) is 1. The van der Waals surface area contributed by atoms with Crippen molar-refractivity contribution in [1.82, 2.24) is 9.78 Å². The number of aromatic nitrogens is 2. The van der Waals surface area contributed by atoms with E-state index in [1.807, 2.05) is 0 Å². The minimum absolute atomic E-state index is 0.349. The number of hydrogen-bond donors (Lipinski definition) is 0. The molecule has 0 unspecified atom stereocenters. The lowest BCUT2D eigenvalue weighted by Crippen LogP contribution is -2.25. The van der Waals surface area contributed by atoms with Gasteiger partial charge in [0.05, 0.1) is 7.11 Å². The number of alkyl halides is 3. The van der Waals surface area contributed by atoms with Gasteiger partial charge in [-0.3, -0.25) is 9.48 Å². The number of halogens is 3. The van der Waals surface area contributed by atoms with Crippen molar-refractivity contribution in [2.24, 2.45) is 7.05 Å². The van der Waals surface area contributed by atoms with Gasteiger partial charge in [0.15, 0.2) is 5.69 Å². The lowest BCUT2D eigenvalue weighted by Gasteiger charge is -2.03. The van der Waals surface area contributed by atoms with Gasteiger partial charge >= 0.3 is 12.1 Å². The van der Waals surface area contributed by atoms with Gasteiger partial charge in [-0.1, -0.05) is 0 Å². The molecule has 0 bridgehead atoms. The van der Waals surface area contributed by atoms with E-state index in [2.05, 4.69) is 9.84 Å². The molecule has 0 fully saturated rings. The Labute approximate surface area is 87.8 Å². The van der Waals surface area contributed by atoms with Crippen molar-refractivity contribution in [3.8, 4) is 0 Å². The molecule has 0 aliphatic heterocycles. The number of esters is 1. The Hall–Kier alpha value is -1.86. The number of ketones is 1. The number of hydrogen-bond acceptors (Lipinski definition) is 4. The van der Waals surface area contributed by atoms with E-state index in [-0.39, 0.29) is 5.69 Å². The molecule has 0 saturated carbocycles. The van der Waals surface area contributed by atoms with Crippen molar-refractivity contribution < 1.29 is 27.5 Å². The third-order valence-electron chi connectivity index (χ3n) is 1.76. The first kappa shape index (κ1) is 12.2. The van der Waals surface area contributed by atoms with Gasteiger partial charge in [-0.25, -0.2) is 4.79 Å². The zero-order valence-corrected chi connectivity index (χ0v) is 8.33. The van der Waals surface area contributed by atoms with Crippen LogP contribution in [0.1, 0.15) is 21.0 Å². The highest BCUT2D eigenvalue weighted by molar-refractivity contribution is 6.00. The van der Waals surface area contributed by atoms with Gasteiger partial charge in [-0.2, -0.15) is 18.3 Å². The average molecular weight is 236 g/mol. The molecule has 0 amide bonds. The fraction of sp³-hybridized carbons (Fsp3) is 0.375. The summed E-state index contributed by atoms with van der Waals surface area (Å²) in [6, 6.07) is 0.738. The van der Waals surface area contributed by atoms with Gasteiger partial charge in [0.25, 0.3) is 5.78 Å².